The van der Waals surface area contributed by atoms with Crippen LogP contribution in [0.2, 0.25) is 0 Å². The lowest BCUT2D eigenvalue weighted by Gasteiger charge is -2.35. The summed E-state index contributed by atoms with van der Waals surface area (Å²) in [6, 6.07) is 18.9. The van der Waals surface area contributed by atoms with Crippen LogP contribution >= 0.6 is 0 Å². The Labute approximate surface area is 250 Å². The molecule has 2 aliphatic heterocycles. The number of carbonyl (C=O) groups excluding carboxylic acids is 1. The van der Waals surface area contributed by atoms with Crippen molar-refractivity contribution in [1.29, 1.82) is 0 Å². The average Bonchev–Trinajstić information content (AvgIpc) is 3.39. The number of nitrogens with two attached hydrogens (primary N) is 1. The topological polar surface area (TPSA) is 77.3 Å². The van der Waals surface area contributed by atoms with E-state index in [1.54, 1.807) is 0 Å². The van der Waals surface area contributed by atoms with Gasteiger partial charge in [0.05, 0.1) is 11.2 Å². The van der Waals surface area contributed by atoms with Crippen LogP contribution in [-0.2, 0) is 20.6 Å². The summed E-state index contributed by atoms with van der Waals surface area (Å²) < 4.78 is 18.7. The van der Waals surface area contributed by atoms with E-state index in [0.717, 1.165) is 47.5 Å². The molecule has 3 aromatic carbocycles. The molecule has 7 nitrogen and oxygen atoms in total. The molecule has 3 aliphatic rings. The van der Waals surface area contributed by atoms with Crippen LogP contribution in [0.15, 0.2) is 54.6 Å². The Hall–Kier alpha value is -3.33. The third-order valence-corrected chi connectivity index (χ3v) is 9.90. The summed E-state index contributed by atoms with van der Waals surface area (Å²) in [5.41, 5.74) is 15.7. The minimum absolute atomic E-state index is 0.0655. The van der Waals surface area contributed by atoms with Crippen LogP contribution in [0.25, 0.3) is 11.1 Å². The number of rotatable bonds is 5. The maximum absolute atomic E-state index is 13.1. The first kappa shape index (κ1) is 28.8. The Kier molecular flexibility index (Phi) is 7.36. The predicted molar refractivity (Wildman–Crippen MR) is 168 cm³/mol. The van der Waals surface area contributed by atoms with Gasteiger partial charge in [-0.3, -0.25) is 4.90 Å². The molecule has 8 heteroatoms. The molecule has 0 unspecified atom stereocenters. The lowest BCUT2D eigenvalue weighted by Crippen LogP contribution is -2.49. The maximum Gasteiger partial charge on any atom is 0.495 e. The molecule has 2 heterocycles. The molecule has 2 fully saturated rings. The first-order valence-electron chi connectivity index (χ1n) is 15.0. The van der Waals surface area contributed by atoms with Crippen LogP contribution in [0.4, 0.5) is 10.5 Å². The van der Waals surface area contributed by atoms with Crippen molar-refractivity contribution in [3.63, 3.8) is 0 Å². The van der Waals surface area contributed by atoms with Crippen molar-refractivity contribution in [2.75, 3.05) is 38.5 Å². The molecular formula is C34H42BN3O4. The standard InChI is InChI=1S/C34H42BN3O4/c1-22-24(19-30(36)23(2)31(22)35-41-33(3,4)34(5,6)42-35)20-37-15-17-38(18-16-37)32(39)40-21-29-27-13-9-7-11-25(27)26-12-8-10-14-28(26)29/h7-14,19,29H,15-18,20-21,36H2,1-6H3. The van der Waals surface area contributed by atoms with Crippen LogP contribution in [0, 0.1) is 13.8 Å². The summed E-state index contributed by atoms with van der Waals surface area (Å²) >= 11 is 0. The molecule has 2 saturated heterocycles. The number of carbonyl (C=O) groups is 1. The van der Waals surface area contributed by atoms with E-state index in [1.807, 2.05) is 11.8 Å². The molecule has 6 rings (SSSR count). The van der Waals surface area contributed by atoms with Gasteiger partial charge in [-0.1, -0.05) is 48.5 Å². The van der Waals surface area contributed by atoms with Crippen LogP contribution in [0.1, 0.15) is 61.4 Å². The van der Waals surface area contributed by atoms with E-state index >= 15 is 0 Å². The van der Waals surface area contributed by atoms with Gasteiger partial charge < -0.3 is 24.7 Å². The number of nitrogen functional groups attached to an aromatic ring is 1. The summed E-state index contributed by atoms with van der Waals surface area (Å²) in [7, 11) is -0.456. The molecular weight excluding hydrogens is 525 g/mol. The predicted octanol–water partition coefficient (Wildman–Crippen LogP) is 5.25. The fourth-order valence-electron chi connectivity index (χ4n) is 6.51. The number of ether oxygens (including phenoxy) is 1. The van der Waals surface area contributed by atoms with Crippen LogP contribution in [-0.4, -0.2) is 67.0 Å². The van der Waals surface area contributed by atoms with E-state index in [1.165, 1.54) is 22.3 Å². The average molecular weight is 568 g/mol. The fraction of sp³-hybridized carbons (Fsp3) is 0.441. The van der Waals surface area contributed by atoms with Crippen molar-refractivity contribution in [2.45, 2.75) is 65.2 Å². The molecule has 0 saturated carbocycles. The van der Waals surface area contributed by atoms with Crippen molar-refractivity contribution >= 4 is 24.4 Å². The van der Waals surface area contributed by atoms with Crippen LogP contribution in [0.5, 0.6) is 0 Å². The van der Waals surface area contributed by atoms with E-state index in [2.05, 4.69) is 94.1 Å². The molecule has 1 amide bonds. The second-order valence-corrected chi connectivity index (χ2v) is 12.9. The Morgan fingerprint density at radius 1 is 0.905 bits per heavy atom. The summed E-state index contributed by atoms with van der Waals surface area (Å²) in [5.74, 6) is 0.0655. The zero-order valence-corrected chi connectivity index (χ0v) is 25.7. The summed E-state index contributed by atoms with van der Waals surface area (Å²) in [6.45, 7) is 16.3. The van der Waals surface area contributed by atoms with Gasteiger partial charge in [-0.2, -0.15) is 0 Å². The maximum atomic E-state index is 13.1. The number of amides is 1. The highest BCUT2D eigenvalue weighted by molar-refractivity contribution is 6.63. The number of hydrogen-bond donors (Lipinski definition) is 1. The highest BCUT2D eigenvalue weighted by Gasteiger charge is 2.52. The van der Waals surface area contributed by atoms with Crippen molar-refractivity contribution in [3.8, 4) is 11.1 Å². The first-order valence-corrected chi connectivity index (χ1v) is 15.0. The highest BCUT2D eigenvalue weighted by atomic mass is 16.7. The molecule has 220 valence electrons. The number of hydrogen-bond acceptors (Lipinski definition) is 6. The SMILES string of the molecule is Cc1c(N)cc(CN2CCN(C(=O)OCC3c4ccccc4-c4ccccc43)CC2)c(C)c1B1OC(C)(C)C(C)(C)O1. The zero-order chi connectivity index (χ0) is 29.8. The lowest BCUT2D eigenvalue weighted by molar-refractivity contribution is 0.00578. The van der Waals surface area contributed by atoms with Gasteiger partial charge in [-0.05, 0) is 92.0 Å². The van der Waals surface area contributed by atoms with Crippen molar-refractivity contribution in [2.24, 2.45) is 0 Å². The fourth-order valence-corrected chi connectivity index (χ4v) is 6.51. The van der Waals surface area contributed by atoms with Gasteiger partial charge in [0, 0.05) is 44.3 Å². The summed E-state index contributed by atoms with van der Waals surface area (Å²) in [4.78, 5) is 17.3. The number of piperazine rings is 1. The Balaban J connectivity index is 1.08. The van der Waals surface area contributed by atoms with Crippen molar-refractivity contribution < 1.29 is 18.8 Å². The third kappa shape index (κ3) is 4.99. The highest BCUT2D eigenvalue weighted by Crippen LogP contribution is 2.44. The number of nitrogens with zero attached hydrogens (tertiary/aromatic N) is 2. The van der Waals surface area contributed by atoms with Gasteiger partial charge >= 0.3 is 13.2 Å². The minimum atomic E-state index is -0.456. The molecule has 42 heavy (non-hydrogen) atoms. The van der Waals surface area contributed by atoms with Gasteiger partial charge in [0.25, 0.3) is 0 Å². The van der Waals surface area contributed by atoms with Gasteiger partial charge in [0.1, 0.15) is 6.61 Å². The molecule has 0 bridgehead atoms. The van der Waals surface area contributed by atoms with E-state index in [4.69, 9.17) is 19.8 Å². The second-order valence-electron chi connectivity index (χ2n) is 12.9. The molecule has 2 N–H and O–H groups in total. The monoisotopic (exact) mass is 567 g/mol. The zero-order valence-electron chi connectivity index (χ0n) is 25.7. The largest absolute Gasteiger partial charge is 0.495 e. The van der Waals surface area contributed by atoms with Crippen molar-refractivity contribution in [1.82, 2.24) is 9.80 Å². The van der Waals surface area contributed by atoms with E-state index in [9.17, 15) is 4.79 Å². The molecule has 1 aliphatic carbocycles. The first-order chi connectivity index (χ1) is 20.0. The molecule has 3 aromatic rings. The van der Waals surface area contributed by atoms with E-state index < -0.39 is 18.3 Å². The molecule has 0 atom stereocenters. The number of benzene rings is 3. The normalized spacial score (nSPS) is 19.6. The number of anilines is 1. The van der Waals surface area contributed by atoms with Gasteiger partial charge in [-0.15, -0.1) is 0 Å². The Morgan fingerprint density at radius 2 is 1.45 bits per heavy atom. The quantitative estimate of drug-likeness (QED) is 0.335. The Bertz CT molecular complexity index is 1450. The summed E-state index contributed by atoms with van der Waals surface area (Å²) in [5, 5.41) is 0. The lowest BCUT2D eigenvalue weighted by atomic mass is 9.71. The van der Waals surface area contributed by atoms with E-state index in [0.29, 0.717) is 19.7 Å². The molecule has 0 radical (unpaired) electrons. The van der Waals surface area contributed by atoms with Crippen LogP contribution < -0.4 is 11.2 Å². The molecule has 0 aromatic heterocycles. The van der Waals surface area contributed by atoms with Crippen LogP contribution in [0.3, 0.4) is 0 Å². The smallest absolute Gasteiger partial charge is 0.448 e. The van der Waals surface area contributed by atoms with E-state index in [-0.39, 0.29) is 12.0 Å². The van der Waals surface area contributed by atoms with Gasteiger partial charge in [-0.25, -0.2) is 4.79 Å². The third-order valence-electron chi connectivity index (χ3n) is 9.90. The van der Waals surface area contributed by atoms with Gasteiger partial charge in [0.15, 0.2) is 0 Å². The summed E-state index contributed by atoms with van der Waals surface area (Å²) in [6.07, 6.45) is -0.240. The van der Waals surface area contributed by atoms with Crippen molar-refractivity contribution in [3.05, 3.63) is 82.4 Å². The minimum Gasteiger partial charge on any atom is -0.448 e. The second kappa shape index (κ2) is 10.7. The number of fused-ring (bicyclic) bond motifs is 3. The molecule has 0 spiro atoms. The van der Waals surface area contributed by atoms with Gasteiger partial charge in [0.2, 0.25) is 0 Å². The Morgan fingerprint density at radius 3 is 2.02 bits per heavy atom.